The molecule has 0 saturated heterocycles. The topological polar surface area (TPSA) is 21.3 Å². The highest BCUT2D eigenvalue weighted by Crippen LogP contribution is 2.40. The molecule has 0 aliphatic heterocycles. The van der Waals surface area contributed by atoms with Crippen molar-refractivity contribution in [3.05, 3.63) is 35.9 Å². The summed E-state index contributed by atoms with van der Waals surface area (Å²) >= 11 is 0. The second-order valence-electron chi connectivity index (χ2n) is 6.05. The van der Waals surface area contributed by atoms with Crippen LogP contribution in [0.1, 0.15) is 43.7 Å². The van der Waals surface area contributed by atoms with Gasteiger partial charge in [-0.05, 0) is 56.0 Å². The minimum absolute atomic E-state index is 0.560. The Kier molecular flexibility index (Phi) is 4.52. The molecule has 1 aromatic rings. The van der Waals surface area contributed by atoms with E-state index in [2.05, 4.69) is 35.6 Å². The maximum absolute atomic E-state index is 5.68. The van der Waals surface area contributed by atoms with Crippen LogP contribution in [0.4, 0.5) is 0 Å². The van der Waals surface area contributed by atoms with Crippen LogP contribution < -0.4 is 5.32 Å². The van der Waals surface area contributed by atoms with Crippen LogP contribution in [0.25, 0.3) is 0 Å². The van der Waals surface area contributed by atoms with Gasteiger partial charge in [0, 0.05) is 19.3 Å². The van der Waals surface area contributed by atoms with E-state index >= 15 is 0 Å². The zero-order chi connectivity index (χ0) is 12.9. The highest BCUT2D eigenvalue weighted by Gasteiger charge is 2.31. The number of hydrogen-bond acceptors (Lipinski definition) is 2. The lowest BCUT2D eigenvalue weighted by atomic mass is 10.0. The van der Waals surface area contributed by atoms with Crippen molar-refractivity contribution < 1.29 is 4.74 Å². The monoisotopic (exact) mass is 259 g/mol. The standard InChI is InChI=1S/C17H25NO/c1-2-5-15(6-3-1)17(16-9-10-16)18-11-4-12-19-13-14-7-8-14/h1-3,5-6,14,16-18H,4,7-13H2. The minimum atomic E-state index is 0.560. The predicted octanol–water partition coefficient (Wildman–Crippen LogP) is 3.54. The van der Waals surface area contributed by atoms with Gasteiger partial charge in [0.2, 0.25) is 0 Å². The van der Waals surface area contributed by atoms with Crippen LogP contribution in [0.2, 0.25) is 0 Å². The van der Waals surface area contributed by atoms with E-state index in [1.165, 1.54) is 31.2 Å². The van der Waals surface area contributed by atoms with E-state index in [-0.39, 0.29) is 0 Å². The first-order chi connectivity index (χ1) is 9.43. The zero-order valence-electron chi connectivity index (χ0n) is 11.7. The van der Waals surface area contributed by atoms with Gasteiger partial charge in [-0.25, -0.2) is 0 Å². The van der Waals surface area contributed by atoms with Gasteiger partial charge in [-0.3, -0.25) is 0 Å². The van der Waals surface area contributed by atoms with Crippen LogP contribution in [-0.4, -0.2) is 19.8 Å². The van der Waals surface area contributed by atoms with Gasteiger partial charge in [-0.2, -0.15) is 0 Å². The van der Waals surface area contributed by atoms with Crippen molar-refractivity contribution in [2.75, 3.05) is 19.8 Å². The molecule has 104 valence electrons. The van der Waals surface area contributed by atoms with Crippen molar-refractivity contribution in [1.29, 1.82) is 0 Å². The molecule has 2 aliphatic carbocycles. The summed E-state index contributed by atoms with van der Waals surface area (Å²) in [6.07, 6.45) is 6.66. The summed E-state index contributed by atoms with van der Waals surface area (Å²) in [5.41, 5.74) is 1.45. The van der Waals surface area contributed by atoms with Crippen molar-refractivity contribution in [3.63, 3.8) is 0 Å². The van der Waals surface area contributed by atoms with E-state index in [1.54, 1.807) is 0 Å². The molecule has 0 heterocycles. The summed E-state index contributed by atoms with van der Waals surface area (Å²) in [6, 6.07) is 11.4. The maximum atomic E-state index is 5.68. The number of benzene rings is 1. The number of nitrogens with one attached hydrogen (secondary N) is 1. The predicted molar refractivity (Wildman–Crippen MR) is 78.1 cm³/mol. The van der Waals surface area contributed by atoms with Crippen molar-refractivity contribution >= 4 is 0 Å². The van der Waals surface area contributed by atoms with Crippen LogP contribution in [-0.2, 0) is 4.74 Å². The Labute approximate surface area is 116 Å². The quantitative estimate of drug-likeness (QED) is 0.685. The number of ether oxygens (including phenoxy) is 1. The highest BCUT2D eigenvalue weighted by molar-refractivity contribution is 5.21. The van der Waals surface area contributed by atoms with Gasteiger partial charge in [-0.1, -0.05) is 30.3 Å². The fraction of sp³-hybridized carbons (Fsp3) is 0.647. The van der Waals surface area contributed by atoms with Crippen molar-refractivity contribution in [2.45, 2.75) is 38.1 Å². The first-order valence-electron chi connectivity index (χ1n) is 7.79. The van der Waals surface area contributed by atoms with Gasteiger partial charge in [0.25, 0.3) is 0 Å². The first-order valence-corrected chi connectivity index (χ1v) is 7.79. The summed E-state index contributed by atoms with van der Waals surface area (Å²) < 4.78 is 5.68. The molecule has 2 aliphatic rings. The zero-order valence-corrected chi connectivity index (χ0v) is 11.7. The van der Waals surface area contributed by atoms with Crippen LogP contribution in [0, 0.1) is 11.8 Å². The first kappa shape index (κ1) is 13.1. The Hall–Kier alpha value is -0.860. The van der Waals surface area contributed by atoms with E-state index < -0.39 is 0 Å². The summed E-state index contributed by atoms with van der Waals surface area (Å²) in [5.74, 6) is 1.74. The smallest absolute Gasteiger partial charge is 0.0494 e. The van der Waals surface area contributed by atoms with E-state index in [0.29, 0.717) is 6.04 Å². The third-order valence-corrected chi connectivity index (χ3v) is 4.13. The van der Waals surface area contributed by atoms with E-state index in [0.717, 1.165) is 38.0 Å². The molecule has 0 bridgehead atoms. The van der Waals surface area contributed by atoms with Crippen LogP contribution in [0.5, 0.6) is 0 Å². The molecule has 2 saturated carbocycles. The molecule has 1 N–H and O–H groups in total. The molecule has 0 amide bonds. The molecule has 0 aromatic heterocycles. The Balaban J connectivity index is 1.36. The van der Waals surface area contributed by atoms with Gasteiger partial charge >= 0.3 is 0 Å². The average Bonchev–Trinajstić information content (AvgIpc) is 3.32. The summed E-state index contributed by atoms with van der Waals surface area (Å²) in [7, 11) is 0. The Morgan fingerprint density at radius 1 is 1.11 bits per heavy atom. The summed E-state index contributed by atoms with van der Waals surface area (Å²) in [6.45, 7) is 2.97. The molecule has 2 fully saturated rings. The van der Waals surface area contributed by atoms with Gasteiger partial charge in [0.1, 0.15) is 0 Å². The maximum Gasteiger partial charge on any atom is 0.0494 e. The lowest BCUT2D eigenvalue weighted by molar-refractivity contribution is 0.121. The fourth-order valence-electron chi connectivity index (χ4n) is 2.61. The molecule has 0 spiro atoms. The molecule has 1 aromatic carbocycles. The molecule has 3 rings (SSSR count). The number of hydrogen-bond donors (Lipinski definition) is 1. The molecular formula is C17H25NO. The molecule has 1 atom stereocenters. The summed E-state index contributed by atoms with van der Waals surface area (Å²) in [5, 5.41) is 3.72. The highest BCUT2D eigenvalue weighted by atomic mass is 16.5. The van der Waals surface area contributed by atoms with Gasteiger partial charge in [0.15, 0.2) is 0 Å². The van der Waals surface area contributed by atoms with E-state index in [1.807, 2.05) is 0 Å². The third kappa shape index (κ3) is 4.32. The van der Waals surface area contributed by atoms with Crippen LogP contribution in [0.3, 0.4) is 0 Å². The van der Waals surface area contributed by atoms with Crippen molar-refractivity contribution in [2.24, 2.45) is 11.8 Å². The van der Waals surface area contributed by atoms with E-state index in [9.17, 15) is 0 Å². The Morgan fingerprint density at radius 3 is 2.58 bits per heavy atom. The Bertz CT molecular complexity index is 370. The largest absolute Gasteiger partial charge is 0.381 e. The van der Waals surface area contributed by atoms with Gasteiger partial charge < -0.3 is 10.1 Å². The van der Waals surface area contributed by atoms with Crippen molar-refractivity contribution in [1.82, 2.24) is 5.32 Å². The fourth-order valence-corrected chi connectivity index (χ4v) is 2.61. The molecule has 2 heteroatoms. The summed E-state index contributed by atoms with van der Waals surface area (Å²) in [4.78, 5) is 0. The lowest BCUT2D eigenvalue weighted by Gasteiger charge is -2.18. The molecular weight excluding hydrogens is 234 g/mol. The van der Waals surface area contributed by atoms with Gasteiger partial charge in [0.05, 0.1) is 0 Å². The number of rotatable bonds is 9. The second-order valence-corrected chi connectivity index (χ2v) is 6.05. The third-order valence-electron chi connectivity index (χ3n) is 4.13. The van der Waals surface area contributed by atoms with Crippen LogP contribution in [0.15, 0.2) is 30.3 Å². The molecule has 2 nitrogen and oxygen atoms in total. The molecule has 0 radical (unpaired) electrons. The minimum Gasteiger partial charge on any atom is -0.381 e. The normalized spacial score (nSPS) is 20.4. The molecule has 19 heavy (non-hydrogen) atoms. The van der Waals surface area contributed by atoms with Gasteiger partial charge in [-0.15, -0.1) is 0 Å². The SMILES string of the molecule is c1ccc(C(NCCCOCC2CC2)C2CC2)cc1. The molecule has 1 unspecified atom stereocenters. The van der Waals surface area contributed by atoms with Crippen molar-refractivity contribution in [3.8, 4) is 0 Å². The average molecular weight is 259 g/mol. The Morgan fingerprint density at radius 2 is 1.89 bits per heavy atom. The van der Waals surface area contributed by atoms with E-state index in [4.69, 9.17) is 4.74 Å². The lowest BCUT2D eigenvalue weighted by Crippen LogP contribution is -2.25. The second kappa shape index (κ2) is 6.53. The van der Waals surface area contributed by atoms with Crippen LogP contribution >= 0.6 is 0 Å².